The molecule has 0 aliphatic rings. The Kier molecular flexibility index (Phi) is 6.18. The average molecular weight is 185 g/mol. The maximum atomic E-state index is 3.74. The molecule has 1 nitrogen and oxygen atoms in total. The molecule has 1 N–H and O–H groups in total. The summed E-state index contributed by atoms with van der Waals surface area (Å²) >= 11 is 0. The summed E-state index contributed by atoms with van der Waals surface area (Å²) < 4.78 is 3.74. The standard InChI is InChI=1S/C6H19NSi2.Na.H/c1-8(2,3)7-9(4,5)6;;/h7H,1-6H3;;. The molecular weight excluding hydrogens is 165 g/mol. The third-order valence-electron chi connectivity index (χ3n) is 0.750. The van der Waals surface area contributed by atoms with Crippen molar-refractivity contribution in [1.82, 2.24) is 4.65 Å². The van der Waals surface area contributed by atoms with E-state index < -0.39 is 16.5 Å². The Balaban J connectivity index is 0. The van der Waals surface area contributed by atoms with Gasteiger partial charge in [0.1, 0.15) is 16.5 Å². The Hall–Kier alpha value is 1.39. The molecule has 0 heterocycles. The van der Waals surface area contributed by atoms with E-state index in [-0.39, 0.29) is 29.6 Å². The molecule has 0 spiro atoms. The molecule has 0 aromatic rings. The predicted octanol–water partition coefficient (Wildman–Crippen LogP) is 1.60. The molecule has 4 heteroatoms. The molecule has 0 saturated heterocycles. The Morgan fingerprint density at radius 2 is 0.900 bits per heavy atom. The maximum absolute atomic E-state index is 3.74. The van der Waals surface area contributed by atoms with Crippen LogP contribution in [0.2, 0.25) is 39.3 Å². The zero-order valence-electron chi connectivity index (χ0n) is 7.50. The van der Waals surface area contributed by atoms with Gasteiger partial charge in [0.2, 0.25) is 0 Å². The van der Waals surface area contributed by atoms with E-state index in [4.69, 9.17) is 0 Å². The summed E-state index contributed by atoms with van der Waals surface area (Å²) in [4.78, 5) is 0. The van der Waals surface area contributed by atoms with Crippen molar-refractivity contribution < 1.29 is 0 Å². The molecule has 0 aromatic carbocycles. The summed E-state index contributed by atoms with van der Waals surface area (Å²) in [5, 5.41) is 0. The van der Waals surface area contributed by atoms with Crippen LogP contribution in [-0.2, 0) is 0 Å². The van der Waals surface area contributed by atoms with Crippen LogP contribution in [0.25, 0.3) is 0 Å². The van der Waals surface area contributed by atoms with Crippen LogP contribution in [0.3, 0.4) is 0 Å². The number of nitrogens with one attached hydrogen (secondary N) is 1. The van der Waals surface area contributed by atoms with E-state index in [1.54, 1.807) is 0 Å². The molecule has 0 rings (SSSR count). The zero-order chi connectivity index (χ0) is 7.71. The molecule has 0 aromatic heterocycles. The van der Waals surface area contributed by atoms with Crippen LogP contribution in [-0.4, -0.2) is 46.0 Å². The van der Waals surface area contributed by atoms with Gasteiger partial charge in [0.05, 0.1) is 0 Å². The van der Waals surface area contributed by atoms with Crippen molar-refractivity contribution in [1.29, 1.82) is 0 Å². The Morgan fingerprint density at radius 3 is 0.900 bits per heavy atom. The van der Waals surface area contributed by atoms with E-state index in [1.807, 2.05) is 0 Å². The molecule has 0 fully saturated rings. The molecule has 58 valence electrons. The summed E-state index contributed by atoms with van der Waals surface area (Å²) in [5.74, 6) is 0. The van der Waals surface area contributed by atoms with Gasteiger partial charge in [-0.15, -0.1) is 0 Å². The second kappa shape index (κ2) is 4.43. The number of rotatable bonds is 2. The molecule has 0 atom stereocenters. The monoisotopic (exact) mass is 185 g/mol. The number of hydrogen-bond acceptors (Lipinski definition) is 1. The second-order valence-electron chi connectivity index (χ2n) is 4.62. The van der Waals surface area contributed by atoms with Crippen molar-refractivity contribution in [3.8, 4) is 0 Å². The zero-order valence-corrected chi connectivity index (χ0v) is 9.50. The molecule has 10 heavy (non-hydrogen) atoms. The van der Waals surface area contributed by atoms with E-state index in [1.165, 1.54) is 0 Å². The van der Waals surface area contributed by atoms with Gasteiger partial charge in [-0.05, 0) is 0 Å². The SMILES string of the molecule is C[Si](C)(C)N[Si](C)(C)C.[NaH]. The Labute approximate surface area is 89.4 Å². The summed E-state index contributed by atoms with van der Waals surface area (Å²) in [5.41, 5.74) is 0. The van der Waals surface area contributed by atoms with E-state index in [0.717, 1.165) is 0 Å². The number of hydrogen-bond donors (Lipinski definition) is 1. The van der Waals surface area contributed by atoms with Crippen LogP contribution in [0, 0.1) is 0 Å². The van der Waals surface area contributed by atoms with Crippen molar-refractivity contribution >= 4 is 46.0 Å². The summed E-state index contributed by atoms with van der Waals surface area (Å²) in [6.07, 6.45) is 0. The van der Waals surface area contributed by atoms with Gasteiger partial charge in [-0.1, -0.05) is 39.3 Å². The van der Waals surface area contributed by atoms with Gasteiger partial charge < -0.3 is 4.65 Å². The van der Waals surface area contributed by atoms with Crippen LogP contribution in [0.15, 0.2) is 0 Å². The van der Waals surface area contributed by atoms with Crippen molar-refractivity contribution in [3.63, 3.8) is 0 Å². The average Bonchev–Trinajstić information content (AvgIpc) is 1.14. The van der Waals surface area contributed by atoms with Crippen molar-refractivity contribution in [2.24, 2.45) is 0 Å². The minimum absolute atomic E-state index is 0. The molecule has 0 aliphatic carbocycles. The topological polar surface area (TPSA) is 12.0 Å². The Bertz CT molecular complexity index is 80.9. The van der Waals surface area contributed by atoms with Gasteiger partial charge in [-0.3, -0.25) is 0 Å². The van der Waals surface area contributed by atoms with E-state index in [0.29, 0.717) is 0 Å². The normalized spacial score (nSPS) is 12.6. The van der Waals surface area contributed by atoms with E-state index >= 15 is 0 Å². The molecule has 0 aliphatic heterocycles. The first kappa shape index (κ1) is 13.9. The predicted molar refractivity (Wildman–Crippen MR) is 57.0 cm³/mol. The van der Waals surface area contributed by atoms with Crippen LogP contribution in [0.4, 0.5) is 0 Å². The van der Waals surface area contributed by atoms with Crippen LogP contribution >= 0.6 is 0 Å². The van der Waals surface area contributed by atoms with Gasteiger partial charge in [0.25, 0.3) is 0 Å². The minimum atomic E-state index is -0.981. The van der Waals surface area contributed by atoms with Gasteiger partial charge in [0.15, 0.2) is 0 Å². The van der Waals surface area contributed by atoms with Crippen molar-refractivity contribution in [2.75, 3.05) is 0 Å². The van der Waals surface area contributed by atoms with E-state index in [2.05, 4.69) is 43.9 Å². The van der Waals surface area contributed by atoms with Crippen molar-refractivity contribution in [2.45, 2.75) is 39.3 Å². The summed E-state index contributed by atoms with van der Waals surface area (Å²) in [7, 11) is -1.96. The first-order valence-electron chi connectivity index (χ1n) is 3.50. The van der Waals surface area contributed by atoms with Crippen LogP contribution in [0.5, 0.6) is 0 Å². The first-order valence-corrected chi connectivity index (χ1v) is 10.5. The third-order valence-corrected chi connectivity index (χ3v) is 6.75. The molecule has 0 unspecified atom stereocenters. The van der Waals surface area contributed by atoms with Gasteiger partial charge in [-0.2, -0.15) is 0 Å². The van der Waals surface area contributed by atoms with Gasteiger partial charge in [-0.25, -0.2) is 0 Å². The fourth-order valence-corrected chi connectivity index (χ4v) is 10.1. The van der Waals surface area contributed by atoms with Crippen LogP contribution < -0.4 is 4.65 Å². The summed E-state index contributed by atoms with van der Waals surface area (Å²) in [6.45, 7) is 14.1. The quantitative estimate of drug-likeness (QED) is 0.644. The van der Waals surface area contributed by atoms with Crippen LogP contribution in [0.1, 0.15) is 0 Å². The fraction of sp³-hybridized carbons (Fsp3) is 1.00. The Morgan fingerprint density at radius 1 is 0.700 bits per heavy atom. The molecule has 0 saturated carbocycles. The molecule has 0 amide bonds. The van der Waals surface area contributed by atoms with Gasteiger partial charge in [0, 0.05) is 0 Å². The third kappa shape index (κ3) is 12.1. The molecular formula is C6H20NNaSi2. The second-order valence-corrected chi connectivity index (χ2v) is 14.6. The summed E-state index contributed by atoms with van der Waals surface area (Å²) in [6, 6.07) is 0. The molecule has 0 bridgehead atoms. The van der Waals surface area contributed by atoms with E-state index in [9.17, 15) is 0 Å². The van der Waals surface area contributed by atoms with Gasteiger partial charge >= 0.3 is 29.6 Å². The molecule has 0 radical (unpaired) electrons. The van der Waals surface area contributed by atoms with Crippen molar-refractivity contribution in [3.05, 3.63) is 0 Å². The fourth-order valence-electron chi connectivity index (χ4n) is 1.12. The first-order chi connectivity index (χ1) is 3.71.